The highest BCUT2D eigenvalue weighted by Gasteiger charge is 2.23. The third-order valence-electron chi connectivity index (χ3n) is 3.53. The van der Waals surface area contributed by atoms with Gasteiger partial charge in [-0.1, -0.05) is 0 Å². The van der Waals surface area contributed by atoms with E-state index in [2.05, 4.69) is 10.6 Å². The van der Waals surface area contributed by atoms with Crippen molar-refractivity contribution in [3.8, 4) is 0 Å². The standard InChI is InChI=1S/C15H21N3O4/c1-10-7-11(17-15(22)16-8-12(20)9-19)4-5-13(10)18-6-2-3-14(18)21/h4-5,7,12,19-20H,2-3,6,8-9H2,1H3,(H2,16,17,22)/t12-/m0/s1. The second-order valence-corrected chi connectivity index (χ2v) is 5.32. The summed E-state index contributed by atoms with van der Waals surface area (Å²) in [6, 6.07) is 4.88. The number of hydrogen-bond donors (Lipinski definition) is 4. The molecule has 7 nitrogen and oxygen atoms in total. The zero-order valence-electron chi connectivity index (χ0n) is 12.5. The summed E-state index contributed by atoms with van der Waals surface area (Å²) in [4.78, 5) is 25.2. The Bertz CT molecular complexity index is 562. The van der Waals surface area contributed by atoms with Crippen LogP contribution >= 0.6 is 0 Å². The number of aliphatic hydroxyl groups excluding tert-OH is 2. The molecule has 0 aliphatic carbocycles. The summed E-state index contributed by atoms with van der Waals surface area (Å²) in [5, 5.41) is 22.9. The molecule has 120 valence electrons. The van der Waals surface area contributed by atoms with Crippen molar-refractivity contribution >= 4 is 23.3 Å². The van der Waals surface area contributed by atoms with Crippen LogP contribution in [0.4, 0.5) is 16.2 Å². The zero-order valence-corrected chi connectivity index (χ0v) is 12.5. The second kappa shape index (κ2) is 7.24. The lowest BCUT2D eigenvalue weighted by molar-refractivity contribution is -0.117. The largest absolute Gasteiger partial charge is 0.394 e. The molecule has 1 saturated heterocycles. The number of rotatable bonds is 5. The molecule has 1 atom stereocenters. The summed E-state index contributed by atoms with van der Waals surface area (Å²) < 4.78 is 0. The summed E-state index contributed by atoms with van der Waals surface area (Å²) in [5.41, 5.74) is 2.37. The molecule has 0 unspecified atom stereocenters. The van der Waals surface area contributed by atoms with Crippen LogP contribution in [0.15, 0.2) is 18.2 Å². The third kappa shape index (κ3) is 3.96. The van der Waals surface area contributed by atoms with Gasteiger partial charge in [-0.15, -0.1) is 0 Å². The number of benzene rings is 1. The summed E-state index contributed by atoms with van der Waals surface area (Å²) in [6.07, 6.45) is 0.471. The number of urea groups is 1. The van der Waals surface area contributed by atoms with E-state index in [1.165, 1.54) is 0 Å². The number of carbonyl (C=O) groups is 2. The average molecular weight is 307 g/mol. The smallest absolute Gasteiger partial charge is 0.319 e. The Balaban J connectivity index is 1.97. The van der Waals surface area contributed by atoms with Crippen LogP contribution in [0, 0.1) is 6.92 Å². The molecule has 0 aromatic heterocycles. The van der Waals surface area contributed by atoms with Crippen molar-refractivity contribution in [1.29, 1.82) is 0 Å². The molecule has 1 aromatic rings. The number of nitrogens with one attached hydrogen (secondary N) is 2. The van der Waals surface area contributed by atoms with E-state index < -0.39 is 18.7 Å². The van der Waals surface area contributed by atoms with Gasteiger partial charge in [-0.2, -0.15) is 0 Å². The third-order valence-corrected chi connectivity index (χ3v) is 3.53. The van der Waals surface area contributed by atoms with Crippen LogP contribution in [0.3, 0.4) is 0 Å². The van der Waals surface area contributed by atoms with Crippen molar-refractivity contribution in [1.82, 2.24) is 5.32 Å². The van der Waals surface area contributed by atoms with Crippen LogP contribution < -0.4 is 15.5 Å². The Morgan fingerprint density at radius 1 is 1.45 bits per heavy atom. The van der Waals surface area contributed by atoms with Gasteiger partial charge >= 0.3 is 6.03 Å². The van der Waals surface area contributed by atoms with E-state index in [9.17, 15) is 9.59 Å². The summed E-state index contributed by atoms with van der Waals surface area (Å²) >= 11 is 0. The Labute approximate surface area is 128 Å². The topological polar surface area (TPSA) is 102 Å². The minimum Gasteiger partial charge on any atom is -0.394 e. The fourth-order valence-electron chi connectivity index (χ4n) is 2.39. The van der Waals surface area contributed by atoms with E-state index in [4.69, 9.17) is 10.2 Å². The summed E-state index contributed by atoms with van der Waals surface area (Å²) in [5.74, 6) is 0.125. The maximum atomic E-state index is 11.8. The van der Waals surface area contributed by atoms with Gasteiger partial charge in [0.1, 0.15) is 0 Å². The van der Waals surface area contributed by atoms with Crippen molar-refractivity contribution in [3.63, 3.8) is 0 Å². The minimum atomic E-state index is -0.976. The van der Waals surface area contributed by atoms with Gasteiger partial charge in [0.05, 0.1) is 12.7 Å². The Kier molecular flexibility index (Phi) is 5.35. The molecule has 0 bridgehead atoms. The predicted molar refractivity (Wildman–Crippen MR) is 82.9 cm³/mol. The number of aryl methyl sites for hydroxylation is 1. The molecule has 1 fully saturated rings. The fraction of sp³-hybridized carbons (Fsp3) is 0.467. The molecule has 0 spiro atoms. The van der Waals surface area contributed by atoms with Crippen molar-refractivity contribution in [2.24, 2.45) is 0 Å². The van der Waals surface area contributed by atoms with Crippen LogP contribution in [0.25, 0.3) is 0 Å². The molecule has 1 heterocycles. The molecule has 4 N–H and O–H groups in total. The maximum absolute atomic E-state index is 11.8. The van der Waals surface area contributed by atoms with Crippen LogP contribution in [-0.2, 0) is 4.79 Å². The van der Waals surface area contributed by atoms with Crippen LogP contribution in [0.1, 0.15) is 18.4 Å². The highest BCUT2D eigenvalue weighted by atomic mass is 16.3. The van der Waals surface area contributed by atoms with Crippen molar-refractivity contribution in [3.05, 3.63) is 23.8 Å². The highest BCUT2D eigenvalue weighted by Crippen LogP contribution is 2.27. The van der Waals surface area contributed by atoms with E-state index in [-0.39, 0.29) is 12.5 Å². The van der Waals surface area contributed by atoms with Gasteiger partial charge in [-0.05, 0) is 37.1 Å². The number of aliphatic hydroxyl groups is 2. The lowest BCUT2D eigenvalue weighted by atomic mass is 10.1. The number of anilines is 2. The zero-order chi connectivity index (χ0) is 16.1. The molecule has 1 aliphatic rings. The van der Waals surface area contributed by atoms with Gasteiger partial charge in [-0.3, -0.25) is 4.79 Å². The molecule has 1 aliphatic heterocycles. The average Bonchev–Trinajstić information content (AvgIpc) is 2.91. The molecule has 1 aromatic carbocycles. The van der Waals surface area contributed by atoms with Gasteiger partial charge < -0.3 is 25.7 Å². The SMILES string of the molecule is Cc1cc(NC(=O)NC[C@H](O)CO)ccc1N1CCCC1=O. The normalized spacial score (nSPS) is 15.8. The van der Waals surface area contributed by atoms with Crippen LogP contribution in [0.2, 0.25) is 0 Å². The lowest BCUT2D eigenvalue weighted by Crippen LogP contribution is -2.36. The van der Waals surface area contributed by atoms with E-state index in [1.54, 1.807) is 17.0 Å². The first-order chi connectivity index (χ1) is 10.5. The Hall–Kier alpha value is -2.12. The van der Waals surface area contributed by atoms with Gasteiger partial charge in [0.15, 0.2) is 0 Å². The predicted octanol–water partition coefficient (Wildman–Crippen LogP) is 0.597. The molecular formula is C15H21N3O4. The van der Waals surface area contributed by atoms with Gasteiger partial charge in [0, 0.05) is 30.9 Å². The quantitative estimate of drug-likeness (QED) is 0.639. The van der Waals surface area contributed by atoms with E-state index >= 15 is 0 Å². The van der Waals surface area contributed by atoms with Crippen molar-refractivity contribution in [2.45, 2.75) is 25.9 Å². The van der Waals surface area contributed by atoms with Crippen molar-refractivity contribution in [2.75, 3.05) is 29.9 Å². The first-order valence-corrected chi connectivity index (χ1v) is 7.26. The maximum Gasteiger partial charge on any atom is 0.319 e. The highest BCUT2D eigenvalue weighted by molar-refractivity contribution is 5.96. The van der Waals surface area contributed by atoms with Crippen LogP contribution in [-0.4, -0.2) is 48.0 Å². The lowest BCUT2D eigenvalue weighted by Gasteiger charge is -2.19. The fourth-order valence-corrected chi connectivity index (χ4v) is 2.39. The molecule has 7 heteroatoms. The van der Waals surface area contributed by atoms with Gasteiger partial charge in [0.25, 0.3) is 0 Å². The second-order valence-electron chi connectivity index (χ2n) is 5.32. The minimum absolute atomic E-state index is 0.0261. The number of amides is 3. The molecule has 3 amide bonds. The van der Waals surface area contributed by atoms with E-state index in [1.807, 2.05) is 13.0 Å². The van der Waals surface area contributed by atoms with Crippen LogP contribution in [0.5, 0.6) is 0 Å². The Morgan fingerprint density at radius 3 is 2.82 bits per heavy atom. The number of nitrogens with zero attached hydrogens (tertiary/aromatic N) is 1. The van der Waals surface area contributed by atoms with E-state index in [0.717, 1.165) is 24.2 Å². The van der Waals surface area contributed by atoms with Crippen molar-refractivity contribution < 1.29 is 19.8 Å². The number of hydrogen-bond acceptors (Lipinski definition) is 4. The number of carbonyl (C=O) groups excluding carboxylic acids is 2. The van der Waals surface area contributed by atoms with E-state index in [0.29, 0.717) is 12.1 Å². The molecule has 0 saturated carbocycles. The monoisotopic (exact) mass is 307 g/mol. The molecular weight excluding hydrogens is 286 g/mol. The first-order valence-electron chi connectivity index (χ1n) is 7.26. The molecule has 2 rings (SSSR count). The molecule has 0 radical (unpaired) electrons. The van der Waals surface area contributed by atoms with Gasteiger partial charge in [-0.25, -0.2) is 4.79 Å². The Morgan fingerprint density at radius 2 is 2.23 bits per heavy atom. The summed E-state index contributed by atoms with van der Waals surface area (Å²) in [6.45, 7) is 2.19. The first kappa shape index (κ1) is 16.3. The summed E-state index contributed by atoms with van der Waals surface area (Å²) in [7, 11) is 0. The molecule has 22 heavy (non-hydrogen) atoms. The van der Waals surface area contributed by atoms with Gasteiger partial charge in [0.2, 0.25) is 5.91 Å².